The molecular weight excluding hydrogens is 312 g/mol. The first-order valence-corrected chi connectivity index (χ1v) is 8.96. The van der Waals surface area contributed by atoms with Crippen molar-refractivity contribution in [2.45, 2.75) is 45.3 Å². The third kappa shape index (κ3) is 3.64. The first-order valence-electron chi connectivity index (χ1n) is 8.96. The zero-order valence-electron chi connectivity index (χ0n) is 15.5. The first kappa shape index (κ1) is 17.7. The zero-order valence-corrected chi connectivity index (χ0v) is 15.5. The lowest BCUT2D eigenvalue weighted by atomic mass is 9.89. The van der Waals surface area contributed by atoms with Crippen LogP contribution in [-0.2, 0) is 5.54 Å². The lowest BCUT2D eigenvalue weighted by molar-refractivity contribution is 0.0224. The highest BCUT2D eigenvalue weighted by molar-refractivity contribution is 5.87. The Balaban J connectivity index is 1.78. The molecule has 0 spiro atoms. The second-order valence-electron chi connectivity index (χ2n) is 8.17. The summed E-state index contributed by atoms with van der Waals surface area (Å²) < 4.78 is 0. The summed E-state index contributed by atoms with van der Waals surface area (Å²) in [7, 11) is 0. The summed E-state index contributed by atoms with van der Waals surface area (Å²) >= 11 is 0. The van der Waals surface area contributed by atoms with E-state index < -0.39 is 11.1 Å². The number of rotatable bonds is 3. The molecule has 0 unspecified atom stereocenters. The molecule has 1 heterocycles. The van der Waals surface area contributed by atoms with Crippen LogP contribution in [0.4, 0.5) is 4.79 Å². The zero-order chi connectivity index (χ0) is 18.2. The van der Waals surface area contributed by atoms with Gasteiger partial charge >= 0.3 is 6.03 Å². The molecule has 3 rings (SSSR count). The Kier molecular flexibility index (Phi) is 4.50. The van der Waals surface area contributed by atoms with Gasteiger partial charge in [0.05, 0.1) is 11.1 Å². The molecule has 1 atom stereocenters. The van der Waals surface area contributed by atoms with E-state index >= 15 is 0 Å². The maximum atomic E-state index is 12.8. The number of amides is 2. The minimum absolute atomic E-state index is 0.0651. The topological polar surface area (TPSA) is 52.6 Å². The average molecular weight is 340 g/mol. The second kappa shape index (κ2) is 6.34. The molecule has 1 aliphatic heterocycles. The van der Waals surface area contributed by atoms with Crippen LogP contribution in [-0.4, -0.2) is 34.7 Å². The van der Waals surface area contributed by atoms with E-state index in [-0.39, 0.29) is 11.9 Å². The maximum Gasteiger partial charge on any atom is 0.318 e. The van der Waals surface area contributed by atoms with Crippen LogP contribution in [0.3, 0.4) is 0 Å². The van der Waals surface area contributed by atoms with Crippen molar-refractivity contribution >= 4 is 16.8 Å². The fourth-order valence-corrected chi connectivity index (χ4v) is 3.71. The van der Waals surface area contributed by atoms with Gasteiger partial charge in [0.1, 0.15) is 0 Å². The largest absolute Gasteiger partial charge is 0.390 e. The number of hydrogen-bond donors (Lipinski definition) is 2. The summed E-state index contributed by atoms with van der Waals surface area (Å²) in [4.78, 5) is 14.6. The summed E-state index contributed by atoms with van der Waals surface area (Å²) in [6, 6.07) is 14.4. The van der Waals surface area contributed by atoms with E-state index in [0.717, 1.165) is 17.4 Å². The molecule has 1 fully saturated rings. The highest BCUT2D eigenvalue weighted by Crippen LogP contribution is 2.30. The normalized spacial score (nSPS) is 18.6. The fraction of sp³-hybridized carbons (Fsp3) is 0.476. The molecule has 1 saturated heterocycles. The van der Waals surface area contributed by atoms with Crippen molar-refractivity contribution in [2.75, 3.05) is 13.1 Å². The van der Waals surface area contributed by atoms with Gasteiger partial charge in [-0.15, -0.1) is 0 Å². The van der Waals surface area contributed by atoms with Gasteiger partial charge in [-0.1, -0.05) is 42.5 Å². The van der Waals surface area contributed by atoms with Gasteiger partial charge in [-0.05, 0) is 50.5 Å². The van der Waals surface area contributed by atoms with Gasteiger partial charge in [0, 0.05) is 19.0 Å². The molecule has 2 aromatic carbocycles. The standard InChI is InChI=1S/C21H28N2O2/c1-20(2,18-11-7-9-15-8-5-6-10-17(15)18)22-19(24)23-13-12-16(14-23)21(3,4)25/h5-11,16,25H,12-14H2,1-4H3,(H,22,24)/t16-/m1/s1. The molecular formula is C21H28N2O2. The van der Waals surface area contributed by atoms with Crippen LogP contribution in [0.1, 0.15) is 39.7 Å². The molecule has 2 N–H and O–H groups in total. The van der Waals surface area contributed by atoms with Crippen molar-refractivity contribution in [1.82, 2.24) is 10.2 Å². The molecule has 4 heteroatoms. The van der Waals surface area contributed by atoms with Gasteiger partial charge in [0.15, 0.2) is 0 Å². The van der Waals surface area contributed by atoms with E-state index in [2.05, 4.69) is 29.6 Å². The van der Waals surface area contributed by atoms with Gasteiger partial charge in [0.25, 0.3) is 0 Å². The van der Waals surface area contributed by atoms with Crippen LogP contribution in [0, 0.1) is 5.92 Å². The Morgan fingerprint density at radius 1 is 1.12 bits per heavy atom. The van der Waals surface area contributed by atoms with Crippen LogP contribution < -0.4 is 5.32 Å². The number of likely N-dealkylation sites (tertiary alicyclic amines) is 1. The average Bonchev–Trinajstić information content (AvgIpc) is 3.04. The molecule has 2 amide bonds. The molecule has 25 heavy (non-hydrogen) atoms. The highest BCUT2D eigenvalue weighted by Gasteiger charge is 2.37. The molecule has 1 aliphatic rings. The summed E-state index contributed by atoms with van der Waals surface area (Å²) in [5.74, 6) is 0.124. The smallest absolute Gasteiger partial charge is 0.318 e. The first-order chi connectivity index (χ1) is 11.7. The molecule has 4 nitrogen and oxygen atoms in total. The van der Waals surface area contributed by atoms with Crippen LogP contribution in [0.25, 0.3) is 10.8 Å². The number of benzene rings is 2. The van der Waals surface area contributed by atoms with Crippen molar-refractivity contribution in [3.8, 4) is 0 Å². The Hall–Kier alpha value is -2.07. The number of carbonyl (C=O) groups excluding carboxylic acids is 1. The molecule has 0 aliphatic carbocycles. The van der Waals surface area contributed by atoms with Gasteiger partial charge in [-0.3, -0.25) is 0 Å². The molecule has 0 aromatic heterocycles. The third-order valence-corrected chi connectivity index (χ3v) is 5.36. The summed E-state index contributed by atoms with van der Waals surface area (Å²) in [6.45, 7) is 9.00. The van der Waals surface area contributed by atoms with E-state index in [4.69, 9.17) is 0 Å². The molecule has 0 radical (unpaired) electrons. The number of nitrogens with one attached hydrogen (secondary N) is 1. The summed E-state index contributed by atoms with van der Waals surface area (Å²) in [5.41, 5.74) is -0.123. The number of aliphatic hydroxyl groups is 1. The van der Waals surface area contributed by atoms with Crippen molar-refractivity contribution in [3.63, 3.8) is 0 Å². The van der Waals surface area contributed by atoms with E-state index in [1.807, 2.05) is 50.8 Å². The van der Waals surface area contributed by atoms with Crippen LogP contribution in [0.5, 0.6) is 0 Å². The molecule has 2 aromatic rings. The second-order valence-corrected chi connectivity index (χ2v) is 8.17. The molecule has 0 saturated carbocycles. The van der Waals surface area contributed by atoms with Crippen LogP contribution in [0.15, 0.2) is 42.5 Å². The SMILES string of the molecule is CC(C)(NC(=O)N1CC[C@@H](C(C)(C)O)C1)c1cccc2ccccc12. The van der Waals surface area contributed by atoms with Gasteiger partial charge < -0.3 is 15.3 Å². The number of fused-ring (bicyclic) bond motifs is 1. The lowest BCUT2D eigenvalue weighted by Crippen LogP contribution is -2.48. The monoisotopic (exact) mass is 340 g/mol. The van der Waals surface area contributed by atoms with Crippen molar-refractivity contribution in [2.24, 2.45) is 5.92 Å². The predicted octanol–water partition coefficient (Wildman–Crippen LogP) is 3.88. The number of hydrogen-bond acceptors (Lipinski definition) is 2. The van der Waals surface area contributed by atoms with E-state index in [0.29, 0.717) is 13.1 Å². The Morgan fingerprint density at radius 2 is 1.80 bits per heavy atom. The van der Waals surface area contributed by atoms with Gasteiger partial charge in [-0.25, -0.2) is 4.79 Å². The molecule has 134 valence electrons. The quantitative estimate of drug-likeness (QED) is 0.891. The van der Waals surface area contributed by atoms with Crippen molar-refractivity contribution in [1.29, 1.82) is 0 Å². The van der Waals surface area contributed by atoms with Crippen molar-refractivity contribution < 1.29 is 9.90 Å². The number of urea groups is 1. The maximum absolute atomic E-state index is 12.8. The Morgan fingerprint density at radius 3 is 2.48 bits per heavy atom. The van der Waals surface area contributed by atoms with Gasteiger partial charge in [0.2, 0.25) is 0 Å². The van der Waals surface area contributed by atoms with E-state index in [1.54, 1.807) is 0 Å². The van der Waals surface area contributed by atoms with Crippen molar-refractivity contribution in [3.05, 3.63) is 48.0 Å². The Labute approximate surface area is 149 Å². The lowest BCUT2D eigenvalue weighted by Gasteiger charge is -2.31. The molecule has 0 bridgehead atoms. The summed E-state index contributed by atoms with van der Waals surface area (Å²) in [5, 5.41) is 15.7. The van der Waals surface area contributed by atoms with E-state index in [1.165, 1.54) is 5.39 Å². The number of carbonyl (C=O) groups is 1. The third-order valence-electron chi connectivity index (χ3n) is 5.36. The van der Waals surface area contributed by atoms with Crippen LogP contribution in [0.2, 0.25) is 0 Å². The minimum Gasteiger partial charge on any atom is -0.390 e. The predicted molar refractivity (Wildman–Crippen MR) is 101 cm³/mol. The van der Waals surface area contributed by atoms with Gasteiger partial charge in [-0.2, -0.15) is 0 Å². The van der Waals surface area contributed by atoms with Crippen LogP contribution >= 0.6 is 0 Å². The number of nitrogens with zero attached hydrogens (tertiary/aromatic N) is 1. The Bertz CT molecular complexity index is 772. The highest BCUT2D eigenvalue weighted by atomic mass is 16.3. The van der Waals surface area contributed by atoms with E-state index in [9.17, 15) is 9.90 Å². The summed E-state index contributed by atoms with van der Waals surface area (Å²) in [6.07, 6.45) is 0.839. The fourth-order valence-electron chi connectivity index (χ4n) is 3.71. The minimum atomic E-state index is -0.750.